The van der Waals surface area contributed by atoms with Crippen molar-refractivity contribution in [2.45, 2.75) is 25.9 Å². The average molecular weight is 277 g/mol. The lowest BCUT2D eigenvalue weighted by Crippen LogP contribution is -2.07. The molecule has 4 heteroatoms. The maximum Gasteiger partial charge on any atom is 0.159 e. The highest BCUT2D eigenvalue weighted by Crippen LogP contribution is 2.25. The van der Waals surface area contributed by atoms with E-state index in [0.29, 0.717) is 11.0 Å². The number of nitrogens with zero attached hydrogens (tertiary/aromatic N) is 2. The topological polar surface area (TPSA) is 35.0 Å². The van der Waals surface area contributed by atoms with Crippen LogP contribution in [-0.4, -0.2) is 17.1 Å². The molecule has 0 saturated carbocycles. The second-order valence-electron chi connectivity index (χ2n) is 4.31. The van der Waals surface area contributed by atoms with Crippen molar-refractivity contribution >= 4 is 11.6 Å². The van der Waals surface area contributed by atoms with Crippen LogP contribution in [0.15, 0.2) is 36.4 Å². The van der Waals surface area contributed by atoms with Crippen molar-refractivity contribution in [3.63, 3.8) is 0 Å². The number of hydrogen-bond acceptors (Lipinski definition) is 3. The van der Waals surface area contributed by atoms with Gasteiger partial charge in [0, 0.05) is 18.7 Å². The third-order valence-corrected chi connectivity index (χ3v) is 3.10. The number of aromatic nitrogens is 2. The number of halogens is 1. The van der Waals surface area contributed by atoms with Crippen molar-refractivity contribution in [3.05, 3.63) is 47.4 Å². The van der Waals surface area contributed by atoms with Crippen molar-refractivity contribution in [3.8, 4) is 11.3 Å². The predicted molar refractivity (Wildman–Crippen MR) is 77.1 cm³/mol. The lowest BCUT2D eigenvalue weighted by molar-refractivity contribution is 0.0877. The van der Waals surface area contributed by atoms with Crippen LogP contribution in [0.25, 0.3) is 11.3 Å². The van der Waals surface area contributed by atoms with E-state index in [9.17, 15) is 0 Å². The molecule has 1 aromatic heterocycles. The molecule has 1 aromatic carbocycles. The third kappa shape index (κ3) is 3.52. The molecule has 2 aromatic rings. The molecule has 1 atom stereocenters. The Kier molecular flexibility index (Phi) is 4.88. The third-order valence-electron chi connectivity index (χ3n) is 2.91. The first kappa shape index (κ1) is 14.0. The Hall–Kier alpha value is -1.45. The number of ether oxygens (including phenoxy) is 1. The summed E-state index contributed by atoms with van der Waals surface area (Å²) in [6.45, 7) is 2.11. The molecular weight excluding hydrogens is 260 g/mol. The first-order valence-corrected chi connectivity index (χ1v) is 6.75. The summed E-state index contributed by atoms with van der Waals surface area (Å²) in [7, 11) is 1.67. The summed E-state index contributed by atoms with van der Waals surface area (Å²) in [5, 5.41) is 0.446. The van der Waals surface area contributed by atoms with Crippen molar-refractivity contribution in [2.24, 2.45) is 0 Å². The van der Waals surface area contributed by atoms with Gasteiger partial charge in [0.05, 0.1) is 5.69 Å². The van der Waals surface area contributed by atoms with Crippen LogP contribution in [0.4, 0.5) is 0 Å². The highest BCUT2D eigenvalue weighted by atomic mass is 35.5. The van der Waals surface area contributed by atoms with Gasteiger partial charge in [0.2, 0.25) is 0 Å². The van der Waals surface area contributed by atoms with Crippen molar-refractivity contribution < 1.29 is 4.74 Å². The molecule has 3 nitrogen and oxygen atoms in total. The molecule has 19 heavy (non-hydrogen) atoms. The van der Waals surface area contributed by atoms with Crippen LogP contribution in [0.2, 0.25) is 5.15 Å². The Morgan fingerprint density at radius 3 is 2.58 bits per heavy atom. The molecule has 0 radical (unpaired) electrons. The zero-order valence-electron chi connectivity index (χ0n) is 11.1. The van der Waals surface area contributed by atoms with Gasteiger partial charge in [-0.1, -0.05) is 55.3 Å². The van der Waals surface area contributed by atoms with Crippen molar-refractivity contribution in [1.29, 1.82) is 0 Å². The van der Waals surface area contributed by atoms with Gasteiger partial charge in [-0.3, -0.25) is 0 Å². The summed E-state index contributed by atoms with van der Waals surface area (Å²) in [5.41, 5.74) is 1.85. The van der Waals surface area contributed by atoms with Crippen LogP contribution in [-0.2, 0) is 4.74 Å². The van der Waals surface area contributed by atoms with E-state index in [1.54, 1.807) is 13.2 Å². The van der Waals surface area contributed by atoms with Crippen LogP contribution >= 0.6 is 11.6 Å². The molecular formula is C15H17ClN2O. The quantitative estimate of drug-likeness (QED) is 0.765. The van der Waals surface area contributed by atoms with E-state index in [4.69, 9.17) is 16.3 Å². The Morgan fingerprint density at radius 2 is 1.95 bits per heavy atom. The molecule has 100 valence electrons. The van der Waals surface area contributed by atoms with Gasteiger partial charge in [0.15, 0.2) is 5.82 Å². The number of methoxy groups -OCH3 is 1. The molecule has 0 bridgehead atoms. The normalized spacial score (nSPS) is 12.4. The van der Waals surface area contributed by atoms with Crippen molar-refractivity contribution in [1.82, 2.24) is 9.97 Å². The number of benzene rings is 1. The van der Waals surface area contributed by atoms with E-state index in [1.807, 2.05) is 30.3 Å². The minimum Gasteiger partial charge on any atom is -0.373 e. The molecule has 0 saturated heterocycles. The second-order valence-corrected chi connectivity index (χ2v) is 4.70. The Labute approximate surface area is 118 Å². The molecule has 0 aliphatic rings. The van der Waals surface area contributed by atoms with Crippen LogP contribution in [0, 0.1) is 0 Å². The zero-order chi connectivity index (χ0) is 13.7. The van der Waals surface area contributed by atoms with Crippen LogP contribution < -0.4 is 0 Å². The van der Waals surface area contributed by atoms with E-state index in [1.165, 1.54) is 0 Å². The van der Waals surface area contributed by atoms with Gasteiger partial charge in [0.25, 0.3) is 0 Å². The Bertz CT molecular complexity index is 531. The summed E-state index contributed by atoms with van der Waals surface area (Å²) in [5.74, 6) is 0.649. The molecule has 1 unspecified atom stereocenters. The Balaban J connectivity index is 2.39. The lowest BCUT2D eigenvalue weighted by atomic mass is 10.1. The fourth-order valence-corrected chi connectivity index (χ4v) is 2.14. The molecule has 0 fully saturated rings. The standard InChI is InChI=1S/C15H17ClN2O/c1-3-7-13(19-2)15-17-12(10-14(16)18-15)11-8-5-4-6-9-11/h4-6,8-10,13H,3,7H2,1-2H3. The predicted octanol–water partition coefficient (Wildman–Crippen LogP) is 4.28. The van der Waals surface area contributed by atoms with Crippen LogP contribution in [0.5, 0.6) is 0 Å². The van der Waals surface area contributed by atoms with E-state index >= 15 is 0 Å². The van der Waals surface area contributed by atoms with E-state index in [0.717, 1.165) is 24.1 Å². The maximum absolute atomic E-state index is 6.09. The summed E-state index contributed by atoms with van der Waals surface area (Å²) in [6.07, 6.45) is 1.78. The highest BCUT2D eigenvalue weighted by Gasteiger charge is 2.15. The van der Waals surface area contributed by atoms with Gasteiger partial charge in [-0.25, -0.2) is 9.97 Å². The SMILES string of the molecule is CCCC(OC)c1nc(Cl)cc(-c2ccccc2)n1. The summed E-state index contributed by atoms with van der Waals surface area (Å²) >= 11 is 6.09. The number of hydrogen-bond donors (Lipinski definition) is 0. The van der Waals surface area contributed by atoms with E-state index < -0.39 is 0 Å². The molecule has 1 heterocycles. The fourth-order valence-electron chi connectivity index (χ4n) is 1.95. The summed E-state index contributed by atoms with van der Waals surface area (Å²) in [6, 6.07) is 11.7. The largest absolute Gasteiger partial charge is 0.373 e. The molecule has 2 rings (SSSR count). The first-order valence-electron chi connectivity index (χ1n) is 6.37. The summed E-state index contributed by atoms with van der Waals surface area (Å²) < 4.78 is 5.44. The van der Waals surface area contributed by atoms with Crippen LogP contribution in [0.1, 0.15) is 31.7 Å². The molecule has 0 aliphatic heterocycles. The van der Waals surface area contributed by atoms with Gasteiger partial charge < -0.3 is 4.74 Å². The van der Waals surface area contributed by atoms with Gasteiger partial charge in [-0.05, 0) is 6.42 Å². The van der Waals surface area contributed by atoms with Gasteiger partial charge in [-0.2, -0.15) is 0 Å². The Morgan fingerprint density at radius 1 is 1.21 bits per heavy atom. The molecule has 0 aliphatic carbocycles. The summed E-state index contributed by atoms with van der Waals surface area (Å²) in [4.78, 5) is 8.85. The van der Waals surface area contributed by atoms with Gasteiger partial charge >= 0.3 is 0 Å². The van der Waals surface area contributed by atoms with Gasteiger partial charge in [0.1, 0.15) is 11.3 Å². The average Bonchev–Trinajstić information content (AvgIpc) is 2.45. The highest BCUT2D eigenvalue weighted by molar-refractivity contribution is 6.29. The maximum atomic E-state index is 6.09. The van der Waals surface area contributed by atoms with E-state index in [2.05, 4.69) is 16.9 Å². The first-order chi connectivity index (χ1) is 9.24. The van der Waals surface area contributed by atoms with Crippen molar-refractivity contribution in [2.75, 3.05) is 7.11 Å². The van der Waals surface area contributed by atoms with E-state index in [-0.39, 0.29) is 6.10 Å². The monoisotopic (exact) mass is 276 g/mol. The minimum absolute atomic E-state index is 0.105. The molecule has 0 spiro atoms. The smallest absolute Gasteiger partial charge is 0.159 e. The van der Waals surface area contributed by atoms with Crippen LogP contribution in [0.3, 0.4) is 0 Å². The fraction of sp³-hybridized carbons (Fsp3) is 0.333. The molecule has 0 N–H and O–H groups in total. The lowest BCUT2D eigenvalue weighted by Gasteiger charge is -2.14. The van der Waals surface area contributed by atoms with Gasteiger partial charge in [-0.15, -0.1) is 0 Å². The zero-order valence-corrected chi connectivity index (χ0v) is 11.9. The minimum atomic E-state index is -0.105. The molecule has 0 amide bonds. The second kappa shape index (κ2) is 6.64. The number of rotatable bonds is 5.